The molecule has 0 aliphatic rings. The Kier molecular flexibility index (Phi) is 2.36. The molecule has 0 bridgehead atoms. The Labute approximate surface area is 90.3 Å². The molecular formula is C10H8N2S2. The van der Waals surface area contributed by atoms with Crippen LogP contribution >= 0.6 is 23.1 Å². The lowest BCUT2D eigenvalue weighted by Gasteiger charge is -1.95. The highest BCUT2D eigenvalue weighted by Gasteiger charge is 2.09. The maximum Gasteiger partial charge on any atom is 0.105 e. The van der Waals surface area contributed by atoms with Crippen LogP contribution in [0.25, 0.3) is 10.1 Å². The third kappa shape index (κ3) is 1.35. The quantitative estimate of drug-likeness (QED) is 0.751. The van der Waals surface area contributed by atoms with Gasteiger partial charge in [-0.1, -0.05) is 0 Å². The molecule has 0 aliphatic carbocycles. The van der Waals surface area contributed by atoms with Crippen LogP contribution in [0.3, 0.4) is 0 Å². The van der Waals surface area contributed by atoms with Crippen LogP contribution in [-0.4, -0.2) is 6.26 Å². The standard InChI is InChI=1S/C10H8N2S2/c1-13-6-2-3-9-7(4-6)8(5-11)10(12)14-9/h2-4H,12H2,1H3. The first-order valence-electron chi connectivity index (χ1n) is 4.02. The predicted octanol–water partition coefficient (Wildman–Crippen LogP) is 3.08. The molecule has 2 rings (SSSR count). The Morgan fingerprint density at radius 1 is 1.50 bits per heavy atom. The first-order valence-corrected chi connectivity index (χ1v) is 6.06. The summed E-state index contributed by atoms with van der Waals surface area (Å²) in [5.41, 5.74) is 6.36. The molecule has 0 saturated heterocycles. The molecule has 2 aromatic rings. The van der Waals surface area contributed by atoms with Gasteiger partial charge in [0.15, 0.2) is 0 Å². The van der Waals surface area contributed by atoms with E-state index >= 15 is 0 Å². The highest BCUT2D eigenvalue weighted by molar-refractivity contribution is 7.98. The minimum Gasteiger partial charge on any atom is -0.389 e. The smallest absolute Gasteiger partial charge is 0.105 e. The fourth-order valence-corrected chi connectivity index (χ4v) is 2.68. The van der Waals surface area contributed by atoms with E-state index in [1.54, 1.807) is 11.8 Å². The number of nitrogen functional groups attached to an aromatic ring is 1. The van der Waals surface area contributed by atoms with E-state index in [-0.39, 0.29) is 0 Å². The van der Waals surface area contributed by atoms with E-state index in [9.17, 15) is 0 Å². The van der Waals surface area contributed by atoms with Gasteiger partial charge < -0.3 is 5.73 Å². The Morgan fingerprint density at radius 2 is 2.29 bits per heavy atom. The Bertz CT molecular complexity index is 523. The van der Waals surface area contributed by atoms with E-state index in [2.05, 4.69) is 6.07 Å². The highest BCUT2D eigenvalue weighted by atomic mass is 32.2. The van der Waals surface area contributed by atoms with E-state index in [1.165, 1.54) is 11.3 Å². The number of rotatable bonds is 1. The molecule has 0 spiro atoms. The Balaban J connectivity index is 2.79. The van der Waals surface area contributed by atoms with Crippen molar-refractivity contribution in [1.29, 1.82) is 5.26 Å². The molecule has 2 nitrogen and oxygen atoms in total. The van der Waals surface area contributed by atoms with Crippen LogP contribution in [0.15, 0.2) is 23.1 Å². The van der Waals surface area contributed by atoms with Crippen molar-refractivity contribution in [2.24, 2.45) is 0 Å². The van der Waals surface area contributed by atoms with Crippen molar-refractivity contribution >= 4 is 38.2 Å². The molecule has 14 heavy (non-hydrogen) atoms. The van der Waals surface area contributed by atoms with E-state index < -0.39 is 0 Å². The largest absolute Gasteiger partial charge is 0.389 e. The van der Waals surface area contributed by atoms with E-state index in [0.717, 1.165) is 15.0 Å². The van der Waals surface area contributed by atoms with Crippen LogP contribution < -0.4 is 5.73 Å². The van der Waals surface area contributed by atoms with Crippen LogP contribution in [0, 0.1) is 11.3 Å². The van der Waals surface area contributed by atoms with Crippen LogP contribution in [0.5, 0.6) is 0 Å². The lowest BCUT2D eigenvalue weighted by molar-refractivity contribution is 1.50. The second-order valence-electron chi connectivity index (χ2n) is 2.82. The predicted molar refractivity (Wildman–Crippen MR) is 62.7 cm³/mol. The summed E-state index contributed by atoms with van der Waals surface area (Å²) in [6, 6.07) is 8.23. The number of hydrogen-bond acceptors (Lipinski definition) is 4. The summed E-state index contributed by atoms with van der Waals surface area (Å²) in [5.74, 6) is 0. The lowest BCUT2D eigenvalue weighted by Crippen LogP contribution is -1.82. The molecule has 2 N–H and O–H groups in total. The van der Waals surface area contributed by atoms with Crippen molar-refractivity contribution in [3.05, 3.63) is 23.8 Å². The van der Waals surface area contributed by atoms with Gasteiger partial charge in [0.2, 0.25) is 0 Å². The molecule has 1 aromatic heterocycles. The summed E-state index contributed by atoms with van der Waals surface area (Å²) < 4.78 is 1.08. The van der Waals surface area contributed by atoms with Gasteiger partial charge in [-0.25, -0.2) is 0 Å². The maximum absolute atomic E-state index is 8.94. The second kappa shape index (κ2) is 3.52. The minimum atomic E-state index is 0.612. The molecular weight excluding hydrogens is 212 g/mol. The molecule has 0 fully saturated rings. The van der Waals surface area contributed by atoms with Gasteiger partial charge in [-0.3, -0.25) is 0 Å². The van der Waals surface area contributed by atoms with Gasteiger partial charge in [-0.05, 0) is 24.5 Å². The molecule has 0 aliphatic heterocycles. The number of thioether (sulfide) groups is 1. The van der Waals surface area contributed by atoms with Crippen molar-refractivity contribution in [1.82, 2.24) is 0 Å². The summed E-state index contributed by atoms with van der Waals surface area (Å²) in [4.78, 5) is 1.16. The zero-order valence-corrected chi connectivity index (χ0v) is 9.21. The highest BCUT2D eigenvalue weighted by Crippen LogP contribution is 2.34. The normalized spacial score (nSPS) is 10.3. The molecule has 1 aromatic carbocycles. The molecule has 4 heteroatoms. The number of anilines is 1. The Hall–Kier alpha value is -1.18. The minimum absolute atomic E-state index is 0.612. The number of nitrogens with two attached hydrogens (primary N) is 1. The number of hydrogen-bond donors (Lipinski definition) is 1. The van der Waals surface area contributed by atoms with Gasteiger partial charge in [-0.15, -0.1) is 23.1 Å². The summed E-state index contributed by atoms with van der Waals surface area (Å²) >= 11 is 3.14. The fraction of sp³-hybridized carbons (Fsp3) is 0.100. The Morgan fingerprint density at radius 3 is 2.93 bits per heavy atom. The van der Waals surface area contributed by atoms with Gasteiger partial charge in [0.25, 0.3) is 0 Å². The molecule has 0 radical (unpaired) electrons. The fourth-order valence-electron chi connectivity index (χ4n) is 1.34. The topological polar surface area (TPSA) is 49.8 Å². The zero-order chi connectivity index (χ0) is 10.1. The summed E-state index contributed by atoms with van der Waals surface area (Å²) in [5, 5.41) is 10.5. The number of fused-ring (bicyclic) bond motifs is 1. The number of thiophene rings is 1. The van der Waals surface area contributed by atoms with E-state index in [4.69, 9.17) is 11.0 Å². The molecule has 70 valence electrons. The second-order valence-corrected chi connectivity index (χ2v) is 4.78. The number of nitriles is 1. The summed E-state index contributed by atoms with van der Waals surface area (Å²) in [7, 11) is 0. The molecule has 0 atom stereocenters. The maximum atomic E-state index is 8.94. The van der Waals surface area contributed by atoms with Crippen LogP contribution in [-0.2, 0) is 0 Å². The monoisotopic (exact) mass is 220 g/mol. The number of nitrogens with zero attached hydrogens (tertiary/aromatic N) is 1. The van der Waals surface area contributed by atoms with Gasteiger partial charge in [0.1, 0.15) is 11.1 Å². The molecule has 0 saturated carbocycles. The van der Waals surface area contributed by atoms with E-state index in [0.29, 0.717) is 10.6 Å². The van der Waals surface area contributed by atoms with E-state index in [1.807, 2.05) is 24.5 Å². The first-order chi connectivity index (χ1) is 6.76. The molecule has 0 amide bonds. The van der Waals surface area contributed by atoms with Crippen molar-refractivity contribution in [2.45, 2.75) is 4.90 Å². The van der Waals surface area contributed by atoms with Crippen molar-refractivity contribution in [3.63, 3.8) is 0 Å². The van der Waals surface area contributed by atoms with Crippen LogP contribution in [0.1, 0.15) is 5.56 Å². The van der Waals surface area contributed by atoms with Gasteiger partial charge in [0, 0.05) is 15.0 Å². The van der Waals surface area contributed by atoms with Crippen molar-refractivity contribution in [3.8, 4) is 6.07 Å². The number of benzene rings is 1. The summed E-state index contributed by atoms with van der Waals surface area (Å²) in [6.45, 7) is 0. The van der Waals surface area contributed by atoms with Crippen LogP contribution in [0.2, 0.25) is 0 Å². The zero-order valence-electron chi connectivity index (χ0n) is 7.57. The molecule has 0 unspecified atom stereocenters. The lowest BCUT2D eigenvalue weighted by atomic mass is 10.2. The average molecular weight is 220 g/mol. The van der Waals surface area contributed by atoms with Crippen LogP contribution in [0.4, 0.5) is 5.00 Å². The third-order valence-corrected chi connectivity index (χ3v) is 3.76. The van der Waals surface area contributed by atoms with Gasteiger partial charge in [0.05, 0.1) is 5.56 Å². The van der Waals surface area contributed by atoms with Crippen molar-refractivity contribution in [2.75, 3.05) is 12.0 Å². The third-order valence-electron chi connectivity index (χ3n) is 2.03. The SMILES string of the molecule is CSc1ccc2sc(N)c(C#N)c2c1. The van der Waals surface area contributed by atoms with Gasteiger partial charge >= 0.3 is 0 Å². The average Bonchev–Trinajstić information content (AvgIpc) is 2.52. The first kappa shape index (κ1) is 9.38. The van der Waals surface area contributed by atoms with Crippen molar-refractivity contribution < 1.29 is 0 Å². The summed E-state index contributed by atoms with van der Waals surface area (Å²) in [6.07, 6.45) is 2.02. The van der Waals surface area contributed by atoms with Gasteiger partial charge in [-0.2, -0.15) is 5.26 Å². The molecule has 1 heterocycles.